The first-order valence-electron chi connectivity index (χ1n) is 9.75. The van der Waals surface area contributed by atoms with Crippen molar-refractivity contribution in [3.05, 3.63) is 76.9 Å². The molecule has 176 valence electrons. The van der Waals surface area contributed by atoms with Crippen LogP contribution in [0.25, 0.3) is 11.6 Å². The molecule has 0 aliphatic carbocycles. The molecule has 0 spiro atoms. The van der Waals surface area contributed by atoms with E-state index in [2.05, 4.69) is 10.0 Å². The molecular formula is C23H17F3N2O5S. The predicted octanol–water partition coefficient (Wildman–Crippen LogP) is 4.72. The van der Waals surface area contributed by atoms with Gasteiger partial charge in [0.1, 0.15) is 11.5 Å². The van der Waals surface area contributed by atoms with Gasteiger partial charge in [0.15, 0.2) is 0 Å². The van der Waals surface area contributed by atoms with Crippen LogP contribution in [0.2, 0.25) is 0 Å². The number of fused-ring (bicyclic) bond motifs is 1. The van der Waals surface area contributed by atoms with Gasteiger partial charge in [0, 0.05) is 34.1 Å². The number of amides is 1. The van der Waals surface area contributed by atoms with Crippen molar-refractivity contribution < 1.29 is 36.6 Å². The maximum Gasteiger partial charge on any atom is 0.416 e. The standard InChI is InChI=1S/C23H17F3N2O5S/c1-12-8-15(29)9-21(30)17(12)11-19-18-10-16(6-7-20(18)27-22(19)31)34(32,33)28-14-4-2-13(3-5-14)23(24,25)26/h2-11,28-30H,1H3,(H,27,31). The number of benzene rings is 3. The summed E-state index contributed by atoms with van der Waals surface area (Å²) in [6.07, 6.45) is -3.17. The second-order valence-electron chi connectivity index (χ2n) is 7.60. The van der Waals surface area contributed by atoms with Crippen molar-refractivity contribution >= 4 is 39.0 Å². The first-order chi connectivity index (χ1) is 15.8. The molecule has 1 aliphatic heterocycles. The van der Waals surface area contributed by atoms with Gasteiger partial charge in [-0.1, -0.05) is 0 Å². The molecule has 0 bridgehead atoms. The molecule has 0 aromatic heterocycles. The van der Waals surface area contributed by atoms with E-state index in [0.29, 0.717) is 11.3 Å². The molecule has 0 saturated carbocycles. The summed E-state index contributed by atoms with van der Waals surface area (Å²) >= 11 is 0. The van der Waals surface area contributed by atoms with Gasteiger partial charge in [-0.05, 0) is 67.1 Å². The maximum absolute atomic E-state index is 12.8. The molecule has 4 rings (SSSR count). The number of phenolic OH excluding ortho intramolecular Hbond substituents is 2. The second-order valence-corrected chi connectivity index (χ2v) is 9.28. The lowest BCUT2D eigenvalue weighted by atomic mass is 10.0. The molecule has 7 nitrogen and oxygen atoms in total. The van der Waals surface area contributed by atoms with E-state index >= 15 is 0 Å². The number of aryl methyl sites for hydroxylation is 1. The minimum absolute atomic E-state index is 0.0666. The van der Waals surface area contributed by atoms with Gasteiger partial charge in [-0.25, -0.2) is 8.42 Å². The maximum atomic E-state index is 12.8. The lowest BCUT2D eigenvalue weighted by molar-refractivity contribution is -0.137. The van der Waals surface area contributed by atoms with Gasteiger partial charge in [0.05, 0.1) is 10.5 Å². The number of rotatable bonds is 4. The van der Waals surface area contributed by atoms with Crippen LogP contribution in [-0.2, 0) is 21.0 Å². The molecule has 1 amide bonds. The molecule has 1 aliphatic rings. The van der Waals surface area contributed by atoms with E-state index in [9.17, 15) is 36.6 Å². The van der Waals surface area contributed by atoms with E-state index in [0.717, 1.165) is 30.3 Å². The lowest BCUT2D eigenvalue weighted by Crippen LogP contribution is -2.13. The summed E-state index contributed by atoms with van der Waals surface area (Å²) in [4.78, 5) is 12.3. The number of nitrogens with one attached hydrogen (secondary N) is 2. The van der Waals surface area contributed by atoms with Gasteiger partial charge in [-0.2, -0.15) is 13.2 Å². The van der Waals surface area contributed by atoms with Gasteiger partial charge in [-0.3, -0.25) is 9.52 Å². The van der Waals surface area contributed by atoms with Crippen LogP contribution in [0.4, 0.5) is 24.5 Å². The zero-order chi connectivity index (χ0) is 24.8. The van der Waals surface area contributed by atoms with E-state index in [1.807, 2.05) is 0 Å². The van der Waals surface area contributed by atoms with Gasteiger partial charge >= 0.3 is 6.18 Å². The first-order valence-corrected chi connectivity index (χ1v) is 11.2. The number of alkyl halides is 3. The Balaban J connectivity index is 1.70. The number of carbonyl (C=O) groups is 1. The van der Waals surface area contributed by atoms with Crippen LogP contribution in [0.3, 0.4) is 0 Å². The fourth-order valence-electron chi connectivity index (χ4n) is 3.51. The number of carbonyl (C=O) groups excluding carboxylic acids is 1. The van der Waals surface area contributed by atoms with Crippen molar-refractivity contribution in [1.82, 2.24) is 0 Å². The van der Waals surface area contributed by atoms with Crippen molar-refractivity contribution in [3.63, 3.8) is 0 Å². The van der Waals surface area contributed by atoms with Crippen LogP contribution >= 0.6 is 0 Å². The van der Waals surface area contributed by atoms with Crippen molar-refractivity contribution in [2.24, 2.45) is 0 Å². The summed E-state index contributed by atoms with van der Waals surface area (Å²) in [5.74, 6) is -0.942. The average Bonchev–Trinajstić information content (AvgIpc) is 3.04. The number of halogens is 3. The average molecular weight is 490 g/mol. The smallest absolute Gasteiger partial charge is 0.416 e. The fraction of sp³-hybridized carbons (Fsp3) is 0.0870. The van der Waals surface area contributed by atoms with Gasteiger partial charge in [-0.15, -0.1) is 0 Å². The van der Waals surface area contributed by atoms with Crippen LogP contribution < -0.4 is 10.0 Å². The number of hydrogen-bond donors (Lipinski definition) is 4. The molecule has 1 heterocycles. The molecule has 0 atom stereocenters. The summed E-state index contributed by atoms with van der Waals surface area (Å²) in [6.45, 7) is 1.62. The summed E-state index contributed by atoms with van der Waals surface area (Å²) in [5.41, 5.74) is 0.465. The Morgan fingerprint density at radius 2 is 1.68 bits per heavy atom. The SMILES string of the molecule is Cc1cc(O)cc(O)c1C=C1C(=O)Nc2ccc(S(=O)(=O)Nc3ccc(C(F)(F)F)cc3)cc21. The van der Waals surface area contributed by atoms with E-state index in [-0.39, 0.29) is 38.8 Å². The highest BCUT2D eigenvalue weighted by molar-refractivity contribution is 7.92. The lowest BCUT2D eigenvalue weighted by Gasteiger charge is -2.11. The topological polar surface area (TPSA) is 116 Å². The highest BCUT2D eigenvalue weighted by atomic mass is 32.2. The van der Waals surface area contributed by atoms with Gasteiger partial charge in [0.2, 0.25) is 0 Å². The molecule has 0 unspecified atom stereocenters. The Morgan fingerprint density at radius 3 is 2.29 bits per heavy atom. The van der Waals surface area contributed by atoms with Gasteiger partial charge < -0.3 is 15.5 Å². The molecule has 3 aromatic rings. The van der Waals surface area contributed by atoms with Crippen molar-refractivity contribution in [3.8, 4) is 11.5 Å². The summed E-state index contributed by atoms with van der Waals surface area (Å²) < 4.78 is 66.1. The number of anilines is 2. The third-order valence-electron chi connectivity index (χ3n) is 5.19. The fourth-order valence-corrected chi connectivity index (χ4v) is 4.60. The highest BCUT2D eigenvalue weighted by Gasteiger charge is 2.30. The third kappa shape index (κ3) is 4.42. The zero-order valence-corrected chi connectivity index (χ0v) is 18.3. The Kier molecular flexibility index (Phi) is 5.52. The summed E-state index contributed by atoms with van der Waals surface area (Å²) in [7, 11) is -4.20. The number of phenols is 2. The van der Waals surface area contributed by atoms with Crippen molar-refractivity contribution in [2.45, 2.75) is 18.0 Å². The van der Waals surface area contributed by atoms with Crippen LogP contribution in [-0.4, -0.2) is 24.5 Å². The molecule has 3 aromatic carbocycles. The Morgan fingerprint density at radius 1 is 1.00 bits per heavy atom. The molecular weight excluding hydrogens is 473 g/mol. The van der Waals surface area contributed by atoms with E-state index in [4.69, 9.17) is 0 Å². The summed E-state index contributed by atoms with van der Waals surface area (Å²) in [6, 6.07) is 9.92. The molecule has 34 heavy (non-hydrogen) atoms. The zero-order valence-electron chi connectivity index (χ0n) is 17.4. The number of sulfonamides is 1. The van der Waals surface area contributed by atoms with E-state index in [1.54, 1.807) is 6.92 Å². The van der Waals surface area contributed by atoms with Crippen LogP contribution in [0.15, 0.2) is 59.5 Å². The third-order valence-corrected chi connectivity index (χ3v) is 6.57. The summed E-state index contributed by atoms with van der Waals surface area (Å²) in [5, 5.41) is 22.4. The molecule has 0 fully saturated rings. The normalized spacial score (nSPS) is 14.7. The Labute approximate surface area is 192 Å². The van der Waals surface area contributed by atoms with E-state index in [1.165, 1.54) is 30.3 Å². The second kappa shape index (κ2) is 8.10. The number of aromatic hydroxyl groups is 2. The first kappa shape index (κ1) is 23.2. The highest BCUT2D eigenvalue weighted by Crippen LogP contribution is 2.38. The van der Waals surface area contributed by atoms with Crippen LogP contribution in [0.5, 0.6) is 11.5 Å². The molecule has 0 radical (unpaired) electrons. The Bertz CT molecular complexity index is 1420. The van der Waals surface area contributed by atoms with Crippen molar-refractivity contribution in [1.29, 1.82) is 0 Å². The minimum atomic E-state index is -4.55. The predicted molar refractivity (Wildman–Crippen MR) is 120 cm³/mol. The molecule has 4 N–H and O–H groups in total. The van der Waals surface area contributed by atoms with Crippen LogP contribution in [0, 0.1) is 6.92 Å². The number of hydrogen-bond acceptors (Lipinski definition) is 5. The molecule has 0 saturated heterocycles. The van der Waals surface area contributed by atoms with E-state index < -0.39 is 27.7 Å². The minimum Gasteiger partial charge on any atom is -0.508 e. The van der Waals surface area contributed by atoms with Gasteiger partial charge in [0.25, 0.3) is 15.9 Å². The van der Waals surface area contributed by atoms with Crippen LogP contribution in [0.1, 0.15) is 22.3 Å². The monoisotopic (exact) mass is 490 g/mol. The largest absolute Gasteiger partial charge is 0.508 e. The molecule has 11 heteroatoms. The Hall–Kier alpha value is -3.99. The van der Waals surface area contributed by atoms with Crippen molar-refractivity contribution in [2.75, 3.05) is 10.0 Å². The quantitative estimate of drug-likeness (QED) is 0.395.